The van der Waals surface area contributed by atoms with Crippen LogP contribution in [0.25, 0.3) is 0 Å². The number of nitriles is 1. The fourth-order valence-corrected chi connectivity index (χ4v) is 2.51. The lowest BCUT2D eigenvalue weighted by Crippen LogP contribution is -2.30. The minimum absolute atomic E-state index is 0.762. The van der Waals surface area contributed by atoms with Gasteiger partial charge in [-0.15, -0.1) is 0 Å². The third kappa shape index (κ3) is 2.55. The summed E-state index contributed by atoms with van der Waals surface area (Å²) in [5, 5.41) is 12.8. The summed E-state index contributed by atoms with van der Waals surface area (Å²) in [6.07, 6.45) is 0. The van der Waals surface area contributed by atoms with E-state index in [1.807, 2.05) is 61.5 Å². The average Bonchev–Trinajstić information content (AvgIpc) is 2.40. The van der Waals surface area contributed by atoms with Gasteiger partial charge in [0.25, 0.3) is 0 Å². The van der Waals surface area contributed by atoms with Crippen molar-refractivity contribution in [2.75, 3.05) is 5.32 Å². The van der Waals surface area contributed by atoms with Crippen LogP contribution >= 0.6 is 15.9 Å². The summed E-state index contributed by atoms with van der Waals surface area (Å²) in [6.45, 7) is 1.88. The van der Waals surface area contributed by atoms with E-state index < -0.39 is 5.54 Å². The molecule has 18 heavy (non-hydrogen) atoms. The maximum Gasteiger partial charge on any atom is 0.149 e. The number of benzene rings is 2. The Labute approximate surface area is 115 Å². The standard InChI is InChI=1S/C15H13BrN2/c1-15(11-17,13-9-5-6-10-14(13)16)18-12-7-3-2-4-8-12/h2-10,18H,1H3. The zero-order chi connectivity index (χ0) is 13.0. The van der Waals surface area contributed by atoms with Crippen molar-refractivity contribution in [1.82, 2.24) is 0 Å². The molecule has 0 fully saturated rings. The van der Waals surface area contributed by atoms with Crippen molar-refractivity contribution in [1.29, 1.82) is 5.26 Å². The number of nitrogens with one attached hydrogen (secondary N) is 1. The summed E-state index contributed by atoms with van der Waals surface area (Å²) in [7, 11) is 0. The van der Waals surface area contributed by atoms with Gasteiger partial charge in [0.05, 0.1) is 6.07 Å². The van der Waals surface area contributed by atoms with Gasteiger partial charge in [-0.2, -0.15) is 5.26 Å². The smallest absolute Gasteiger partial charge is 0.149 e. The summed E-state index contributed by atoms with van der Waals surface area (Å²) < 4.78 is 0.928. The van der Waals surface area contributed by atoms with Crippen molar-refractivity contribution in [3.8, 4) is 6.07 Å². The molecular weight excluding hydrogens is 288 g/mol. The lowest BCUT2D eigenvalue weighted by Gasteiger charge is -2.26. The van der Waals surface area contributed by atoms with Crippen LogP contribution in [0.5, 0.6) is 0 Å². The summed E-state index contributed by atoms with van der Waals surface area (Å²) in [5.41, 5.74) is 1.09. The number of anilines is 1. The molecule has 2 aromatic rings. The summed E-state index contributed by atoms with van der Waals surface area (Å²) in [4.78, 5) is 0. The minimum atomic E-state index is -0.762. The first-order valence-electron chi connectivity index (χ1n) is 5.65. The first kappa shape index (κ1) is 12.7. The molecule has 2 rings (SSSR count). The first-order valence-corrected chi connectivity index (χ1v) is 6.44. The van der Waals surface area contributed by atoms with E-state index >= 15 is 0 Å². The molecule has 0 saturated carbocycles. The molecule has 0 bridgehead atoms. The number of nitrogens with zero attached hydrogens (tertiary/aromatic N) is 1. The molecule has 1 N–H and O–H groups in total. The second-order valence-corrected chi connectivity index (χ2v) is 5.06. The highest BCUT2D eigenvalue weighted by molar-refractivity contribution is 9.10. The fraction of sp³-hybridized carbons (Fsp3) is 0.133. The van der Waals surface area contributed by atoms with Gasteiger partial charge in [-0.1, -0.05) is 52.3 Å². The third-order valence-corrected chi connectivity index (χ3v) is 3.50. The summed E-state index contributed by atoms with van der Waals surface area (Å²) >= 11 is 3.50. The van der Waals surface area contributed by atoms with Crippen molar-refractivity contribution in [2.24, 2.45) is 0 Å². The lowest BCUT2D eigenvalue weighted by atomic mass is 9.93. The van der Waals surface area contributed by atoms with Crippen LogP contribution in [-0.4, -0.2) is 0 Å². The quantitative estimate of drug-likeness (QED) is 0.917. The Kier molecular flexibility index (Phi) is 3.69. The van der Waals surface area contributed by atoms with Gasteiger partial charge in [0.15, 0.2) is 0 Å². The Morgan fingerprint density at radius 3 is 2.28 bits per heavy atom. The molecular formula is C15H13BrN2. The Morgan fingerprint density at radius 1 is 1.06 bits per heavy atom. The molecule has 0 aliphatic heterocycles. The Balaban J connectivity index is 2.38. The van der Waals surface area contributed by atoms with Crippen LogP contribution in [-0.2, 0) is 5.54 Å². The molecule has 2 aromatic carbocycles. The zero-order valence-electron chi connectivity index (χ0n) is 10.0. The van der Waals surface area contributed by atoms with Gasteiger partial charge >= 0.3 is 0 Å². The van der Waals surface area contributed by atoms with Gasteiger partial charge < -0.3 is 5.32 Å². The largest absolute Gasteiger partial charge is 0.364 e. The molecule has 1 unspecified atom stereocenters. The maximum absolute atomic E-state index is 9.49. The number of rotatable bonds is 3. The Hall–Kier alpha value is -1.79. The van der Waals surface area contributed by atoms with Gasteiger partial charge in [0.2, 0.25) is 0 Å². The molecule has 0 heterocycles. The van der Waals surface area contributed by atoms with Crippen LogP contribution in [0, 0.1) is 11.3 Å². The zero-order valence-corrected chi connectivity index (χ0v) is 11.6. The number of para-hydroxylation sites is 1. The Bertz CT molecular complexity index is 575. The van der Waals surface area contributed by atoms with E-state index in [4.69, 9.17) is 0 Å². The normalized spacial score (nSPS) is 13.4. The van der Waals surface area contributed by atoms with E-state index in [0.717, 1.165) is 15.7 Å². The van der Waals surface area contributed by atoms with Crippen LogP contribution in [0.3, 0.4) is 0 Å². The SMILES string of the molecule is CC(C#N)(Nc1ccccc1)c1ccccc1Br. The van der Waals surface area contributed by atoms with Gasteiger partial charge in [-0.25, -0.2) is 0 Å². The molecule has 0 amide bonds. The van der Waals surface area contributed by atoms with E-state index in [1.54, 1.807) is 0 Å². The van der Waals surface area contributed by atoms with Crippen molar-refractivity contribution < 1.29 is 0 Å². The molecule has 0 saturated heterocycles. The average molecular weight is 301 g/mol. The predicted octanol–water partition coefficient (Wildman–Crippen LogP) is 4.30. The van der Waals surface area contributed by atoms with Crippen molar-refractivity contribution >= 4 is 21.6 Å². The molecule has 90 valence electrons. The van der Waals surface area contributed by atoms with Crippen LogP contribution in [0.4, 0.5) is 5.69 Å². The molecule has 0 aromatic heterocycles. The number of hydrogen-bond donors (Lipinski definition) is 1. The lowest BCUT2D eigenvalue weighted by molar-refractivity contribution is 0.702. The van der Waals surface area contributed by atoms with E-state index in [9.17, 15) is 5.26 Å². The summed E-state index contributed by atoms with van der Waals surface area (Å²) in [5.74, 6) is 0. The summed E-state index contributed by atoms with van der Waals surface area (Å²) in [6, 6.07) is 19.8. The monoisotopic (exact) mass is 300 g/mol. The van der Waals surface area contributed by atoms with Crippen molar-refractivity contribution in [3.05, 3.63) is 64.6 Å². The number of hydrogen-bond acceptors (Lipinski definition) is 2. The maximum atomic E-state index is 9.49. The van der Waals surface area contributed by atoms with E-state index in [0.29, 0.717) is 0 Å². The van der Waals surface area contributed by atoms with Crippen LogP contribution < -0.4 is 5.32 Å². The van der Waals surface area contributed by atoms with Gasteiger partial charge in [-0.05, 0) is 25.1 Å². The van der Waals surface area contributed by atoms with E-state index in [-0.39, 0.29) is 0 Å². The highest BCUT2D eigenvalue weighted by atomic mass is 79.9. The molecule has 3 heteroatoms. The highest BCUT2D eigenvalue weighted by Gasteiger charge is 2.28. The van der Waals surface area contributed by atoms with Gasteiger partial charge in [-0.3, -0.25) is 0 Å². The number of halogens is 1. The van der Waals surface area contributed by atoms with Crippen LogP contribution in [0.15, 0.2) is 59.1 Å². The first-order chi connectivity index (χ1) is 8.65. The Morgan fingerprint density at radius 2 is 1.67 bits per heavy atom. The molecule has 0 aliphatic rings. The molecule has 0 aliphatic carbocycles. The molecule has 0 radical (unpaired) electrons. The predicted molar refractivity (Wildman–Crippen MR) is 77.2 cm³/mol. The third-order valence-electron chi connectivity index (χ3n) is 2.80. The highest BCUT2D eigenvalue weighted by Crippen LogP contribution is 2.30. The van der Waals surface area contributed by atoms with Crippen LogP contribution in [0.1, 0.15) is 12.5 Å². The van der Waals surface area contributed by atoms with Crippen molar-refractivity contribution in [3.63, 3.8) is 0 Å². The van der Waals surface area contributed by atoms with E-state index in [1.165, 1.54) is 0 Å². The van der Waals surface area contributed by atoms with Crippen molar-refractivity contribution in [2.45, 2.75) is 12.5 Å². The van der Waals surface area contributed by atoms with Gasteiger partial charge in [0.1, 0.15) is 5.54 Å². The van der Waals surface area contributed by atoms with E-state index in [2.05, 4.69) is 27.3 Å². The molecule has 2 nitrogen and oxygen atoms in total. The second kappa shape index (κ2) is 5.24. The van der Waals surface area contributed by atoms with Crippen LogP contribution in [0.2, 0.25) is 0 Å². The topological polar surface area (TPSA) is 35.8 Å². The van der Waals surface area contributed by atoms with Gasteiger partial charge in [0, 0.05) is 15.7 Å². The second-order valence-electron chi connectivity index (χ2n) is 4.21. The minimum Gasteiger partial charge on any atom is -0.364 e. The molecule has 1 atom stereocenters. The fourth-order valence-electron chi connectivity index (χ4n) is 1.83. The molecule has 0 spiro atoms.